The quantitative estimate of drug-likeness (QED) is 0.388. The van der Waals surface area contributed by atoms with Crippen molar-refractivity contribution < 1.29 is 14.4 Å². The number of nitrogens with zero attached hydrogens (tertiary/aromatic N) is 5. The molecule has 1 atom stereocenters. The third kappa shape index (κ3) is 7.17. The summed E-state index contributed by atoms with van der Waals surface area (Å²) >= 11 is 0. The predicted octanol–water partition coefficient (Wildman–Crippen LogP) is 4.77. The predicted molar refractivity (Wildman–Crippen MR) is 183 cm³/mol. The molecule has 0 aliphatic carbocycles. The van der Waals surface area contributed by atoms with Gasteiger partial charge in [0.25, 0.3) is 0 Å². The van der Waals surface area contributed by atoms with Crippen LogP contribution in [0.2, 0.25) is 0 Å². The summed E-state index contributed by atoms with van der Waals surface area (Å²) in [6, 6.07) is 14.2. The zero-order valence-corrected chi connectivity index (χ0v) is 27.7. The number of nitrogens with one attached hydrogen (secondary N) is 2. The molecule has 7 rings (SSSR count). The van der Waals surface area contributed by atoms with Gasteiger partial charge in [-0.3, -0.25) is 14.7 Å². The number of piperidine rings is 3. The van der Waals surface area contributed by atoms with Gasteiger partial charge in [0.1, 0.15) is 0 Å². The van der Waals surface area contributed by atoms with Gasteiger partial charge in [0.05, 0.1) is 17.6 Å². The van der Waals surface area contributed by atoms with E-state index in [9.17, 15) is 14.4 Å². The van der Waals surface area contributed by atoms with Crippen LogP contribution in [0.25, 0.3) is 10.9 Å². The van der Waals surface area contributed by atoms with Crippen LogP contribution >= 0.6 is 0 Å². The third-order valence-electron chi connectivity index (χ3n) is 11.4. The van der Waals surface area contributed by atoms with Crippen LogP contribution in [-0.2, 0) is 22.4 Å². The number of rotatable bonds is 7. The molecule has 250 valence electrons. The first-order chi connectivity index (χ1) is 22.9. The Morgan fingerprint density at radius 2 is 1.57 bits per heavy atom. The van der Waals surface area contributed by atoms with Crippen LogP contribution in [0, 0.1) is 17.8 Å². The molecule has 2 N–H and O–H groups in total. The monoisotopic (exact) mass is 639 g/mol. The number of hydrogen-bond acceptors (Lipinski definition) is 5. The number of aromatic amines is 1. The number of para-hydroxylation sites is 1. The van der Waals surface area contributed by atoms with Crippen LogP contribution < -0.4 is 5.32 Å². The lowest BCUT2D eigenvalue weighted by molar-refractivity contribution is -0.143. The summed E-state index contributed by atoms with van der Waals surface area (Å²) in [6.07, 6.45) is 9.50. The average Bonchev–Trinajstić information content (AvgIpc) is 3.50. The SMILES string of the molecule is CN1CCC(C2CCN(C(=O)C(CC(=O)N3CCC(N4CCc5ccccc5NC4=O)CC3)Cc3ccc4[nH]ncc4c3)CC2)CC1. The summed E-state index contributed by atoms with van der Waals surface area (Å²) in [5.74, 6) is 1.21. The zero-order valence-electron chi connectivity index (χ0n) is 27.7. The molecule has 4 aliphatic heterocycles. The lowest BCUT2D eigenvalue weighted by atomic mass is 9.78. The van der Waals surface area contributed by atoms with Crippen LogP contribution in [-0.4, -0.2) is 107 Å². The Kier molecular flexibility index (Phi) is 9.47. The maximum Gasteiger partial charge on any atom is 0.322 e. The van der Waals surface area contributed by atoms with Gasteiger partial charge in [0, 0.05) is 56.3 Å². The number of aromatic nitrogens is 2. The normalized spacial score (nSPS) is 21.4. The van der Waals surface area contributed by atoms with E-state index in [-0.39, 0.29) is 30.3 Å². The van der Waals surface area contributed by atoms with E-state index in [1.165, 1.54) is 25.9 Å². The number of carbonyl (C=O) groups is 3. The second kappa shape index (κ2) is 14.1. The van der Waals surface area contributed by atoms with E-state index < -0.39 is 5.92 Å². The molecule has 2 aromatic carbocycles. The smallest absolute Gasteiger partial charge is 0.322 e. The second-order valence-electron chi connectivity index (χ2n) is 14.3. The fraction of sp³-hybridized carbons (Fsp3) is 0.568. The summed E-state index contributed by atoms with van der Waals surface area (Å²) in [6.45, 7) is 5.79. The number of fused-ring (bicyclic) bond motifs is 2. The molecule has 0 radical (unpaired) electrons. The number of urea groups is 1. The number of H-pyrrole nitrogens is 1. The molecule has 0 saturated carbocycles. The Balaban J connectivity index is 0.981. The highest BCUT2D eigenvalue weighted by Crippen LogP contribution is 2.33. The van der Waals surface area contributed by atoms with E-state index in [4.69, 9.17) is 0 Å². The summed E-state index contributed by atoms with van der Waals surface area (Å²) in [4.78, 5) is 49.4. The van der Waals surface area contributed by atoms with Gasteiger partial charge in [-0.2, -0.15) is 5.10 Å². The van der Waals surface area contributed by atoms with Crippen molar-refractivity contribution in [2.45, 2.75) is 63.8 Å². The van der Waals surface area contributed by atoms with Gasteiger partial charge in [-0.15, -0.1) is 0 Å². The van der Waals surface area contributed by atoms with Crippen molar-refractivity contribution in [2.24, 2.45) is 17.8 Å². The minimum absolute atomic E-state index is 0.0418. The van der Waals surface area contributed by atoms with Crippen LogP contribution in [0.4, 0.5) is 10.5 Å². The number of hydrogen-bond donors (Lipinski definition) is 2. The van der Waals surface area contributed by atoms with Crippen LogP contribution in [0.5, 0.6) is 0 Å². The van der Waals surface area contributed by atoms with Gasteiger partial charge < -0.3 is 24.9 Å². The van der Waals surface area contributed by atoms with Gasteiger partial charge in [0.15, 0.2) is 0 Å². The van der Waals surface area contributed by atoms with Crippen molar-refractivity contribution in [1.82, 2.24) is 29.8 Å². The fourth-order valence-electron chi connectivity index (χ4n) is 8.50. The summed E-state index contributed by atoms with van der Waals surface area (Å²) < 4.78 is 0. The standard InChI is InChI=1S/C37H49N7O3/c1-41-15-8-27(9-16-41)28-10-17-43(18-11-28)36(46)30(22-26-6-7-34-31(23-26)25-38-40-34)24-35(45)42-19-13-32(14-20-42)44-21-12-29-4-2-3-5-33(29)39-37(44)47/h2-7,23,25,27-28,30,32H,8-22,24H2,1H3,(H,38,40)(H,39,47). The first kappa shape index (κ1) is 31.7. The largest absolute Gasteiger partial charge is 0.343 e. The van der Waals surface area contributed by atoms with E-state index in [2.05, 4.69) is 39.6 Å². The van der Waals surface area contributed by atoms with Crippen molar-refractivity contribution in [3.8, 4) is 0 Å². The minimum Gasteiger partial charge on any atom is -0.343 e. The average molecular weight is 640 g/mol. The maximum absolute atomic E-state index is 14.2. The Hall–Kier alpha value is -3.92. The summed E-state index contributed by atoms with van der Waals surface area (Å²) in [5.41, 5.74) is 4.07. The van der Waals surface area contributed by atoms with E-state index >= 15 is 0 Å². The molecule has 1 unspecified atom stereocenters. The van der Waals surface area contributed by atoms with E-state index in [1.807, 2.05) is 51.2 Å². The van der Waals surface area contributed by atoms with Crippen LogP contribution in [0.15, 0.2) is 48.7 Å². The molecule has 0 bridgehead atoms. The molecule has 5 heterocycles. The Morgan fingerprint density at radius 3 is 2.34 bits per heavy atom. The summed E-state index contributed by atoms with van der Waals surface area (Å²) in [5, 5.41) is 11.3. The van der Waals surface area contributed by atoms with Crippen molar-refractivity contribution in [2.75, 3.05) is 58.2 Å². The Morgan fingerprint density at radius 1 is 0.872 bits per heavy atom. The highest BCUT2D eigenvalue weighted by molar-refractivity contribution is 5.91. The molecule has 0 spiro atoms. The van der Waals surface area contributed by atoms with Crippen molar-refractivity contribution in [3.05, 3.63) is 59.8 Å². The molecule has 10 heteroatoms. The Bertz CT molecular complexity index is 1560. The van der Waals surface area contributed by atoms with Crippen LogP contribution in [0.3, 0.4) is 0 Å². The van der Waals surface area contributed by atoms with Gasteiger partial charge in [-0.05, 0) is 113 Å². The molecule has 3 saturated heterocycles. The van der Waals surface area contributed by atoms with Gasteiger partial charge in [-0.25, -0.2) is 4.79 Å². The lowest BCUT2D eigenvalue weighted by Crippen LogP contribution is -2.50. The highest BCUT2D eigenvalue weighted by Gasteiger charge is 2.36. The van der Waals surface area contributed by atoms with Gasteiger partial charge in [0.2, 0.25) is 11.8 Å². The summed E-state index contributed by atoms with van der Waals surface area (Å²) in [7, 11) is 2.21. The molecule has 3 aromatic rings. The molecular formula is C37H49N7O3. The lowest BCUT2D eigenvalue weighted by Gasteiger charge is -2.40. The topological polar surface area (TPSA) is 105 Å². The number of anilines is 1. The highest BCUT2D eigenvalue weighted by atomic mass is 16.2. The Labute approximate surface area is 277 Å². The van der Waals surface area contributed by atoms with Crippen molar-refractivity contribution in [1.29, 1.82) is 0 Å². The van der Waals surface area contributed by atoms with Crippen molar-refractivity contribution in [3.63, 3.8) is 0 Å². The molecule has 47 heavy (non-hydrogen) atoms. The number of carbonyl (C=O) groups excluding carboxylic acids is 3. The van der Waals surface area contributed by atoms with E-state index in [0.717, 1.165) is 78.8 Å². The van der Waals surface area contributed by atoms with Crippen molar-refractivity contribution >= 4 is 34.4 Å². The number of amides is 4. The van der Waals surface area contributed by atoms with Gasteiger partial charge in [-0.1, -0.05) is 24.3 Å². The molecule has 4 amide bonds. The number of likely N-dealkylation sites (tertiary alicyclic amines) is 3. The van der Waals surface area contributed by atoms with E-state index in [1.54, 1.807) is 0 Å². The van der Waals surface area contributed by atoms with Crippen LogP contribution in [0.1, 0.15) is 56.1 Å². The molecule has 10 nitrogen and oxygen atoms in total. The second-order valence-corrected chi connectivity index (χ2v) is 14.3. The minimum atomic E-state index is -0.403. The van der Waals surface area contributed by atoms with E-state index in [0.29, 0.717) is 32.0 Å². The number of benzene rings is 2. The first-order valence-electron chi connectivity index (χ1n) is 17.7. The first-order valence-corrected chi connectivity index (χ1v) is 17.7. The maximum atomic E-state index is 14.2. The molecular weight excluding hydrogens is 590 g/mol. The molecule has 3 fully saturated rings. The van der Waals surface area contributed by atoms with Gasteiger partial charge >= 0.3 is 6.03 Å². The third-order valence-corrected chi connectivity index (χ3v) is 11.4. The zero-order chi connectivity index (χ0) is 32.3. The molecule has 1 aromatic heterocycles. The fourth-order valence-corrected chi connectivity index (χ4v) is 8.50. The molecule has 4 aliphatic rings.